The molecule has 1 spiro atoms. The zero-order chi connectivity index (χ0) is 34.0. The molecule has 1 fully saturated rings. The summed E-state index contributed by atoms with van der Waals surface area (Å²) in [6, 6.07) is 13.1. The minimum Gasteiger partial charge on any atom is -0.378 e. The van der Waals surface area contributed by atoms with Gasteiger partial charge in [-0.15, -0.1) is 10.2 Å². The first-order valence-electron chi connectivity index (χ1n) is 16.6. The number of aryl methyl sites for hydroxylation is 1. The van der Waals surface area contributed by atoms with Crippen LogP contribution >= 0.6 is 11.6 Å². The van der Waals surface area contributed by atoms with Crippen LogP contribution in [0.4, 0.5) is 0 Å². The molecule has 2 aromatic carbocycles. The van der Waals surface area contributed by atoms with Crippen molar-refractivity contribution in [2.24, 2.45) is 15.8 Å². The van der Waals surface area contributed by atoms with Gasteiger partial charge in [0.25, 0.3) is 11.8 Å². The number of nitrogens with zero attached hydrogens (tertiary/aromatic N) is 5. The molecular weight excluding hydrogens is 614 g/mol. The van der Waals surface area contributed by atoms with Crippen LogP contribution in [0.5, 0.6) is 0 Å². The Bertz CT molecular complexity index is 1560. The number of ether oxygens (including phenoxy) is 1. The van der Waals surface area contributed by atoms with Crippen LogP contribution in [0.3, 0.4) is 0 Å². The van der Waals surface area contributed by atoms with E-state index in [2.05, 4.69) is 72.4 Å². The van der Waals surface area contributed by atoms with E-state index in [1.807, 2.05) is 49.4 Å². The third kappa shape index (κ3) is 8.65. The molecule has 1 saturated carbocycles. The van der Waals surface area contributed by atoms with Gasteiger partial charge in [-0.3, -0.25) is 14.6 Å². The summed E-state index contributed by atoms with van der Waals surface area (Å²) < 4.78 is 6.35. The Morgan fingerprint density at radius 1 is 1.09 bits per heavy atom. The summed E-state index contributed by atoms with van der Waals surface area (Å²) in [4.78, 5) is 35.0. The molecule has 1 atom stereocenters. The van der Waals surface area contributed by atoms with E-state index in [-0.39, 0.29) is 41.3 Å². The van der Waals surface area contributed by atoms with E-state index in [4.69, 9.17) is 21.3 Å². The molecule has 47 heavy (non-hydrogen) atoms. The molecule has 11 heteroatoms. The summed E-state index contributed by atoms with van der Waals surface area (Å²) in [6.45, 7) is 16.0. The number of benzene rings is 2. The lowest BCUT2D eigenvalue weighted by Gasteiger charge is -2.46. The molecule has 10 nitrogen and oxygen atoms in total. The Morgan fingerprint density at radius 2 is 1.79 bits per heavy atom. The molecule has 0 unspecified atom stereocenters. The Kier molecular flexibility index (Phi) is 10.2. The number of rotatable bonds is 10. The quantitative estimate of drug-likeness (QED) is 0.241. The maximum Gasteiger partial charge on any atom is 0.275 e. The van der Waals surface area contributed by atoms with Crippen LogP contribution in [-0.2, 0) is 16.1 Å². The highest BCUT2D eigenvalue weighted by molar-refractivity contribution is 6.47. The Morgan fingerprint density at radius 3 is 2.38 bits per heavy atom. The SMILES string of the molecule is Cc1cc(Cl)cc(C2=NC3(CCC(OCC(C)(C)C)CC3)N([C@H](CCC(C)(C)C)c3ccc(C(=O)NCc4nn[nH]n4)cc3)C2=O)c1. The number of aromatic amines is 1. The number of aliphatic imine (C=N–C) groups is 1. The monoisotopic (exact) mass is 661 g/mol. The molecule has 2 aliphatic rings. The zero-order valence-corrected chi connectivity index (χ0v) is 29.4. The fourth-order valence-electron chi connectivity index (χ4n) is 6.44. The molecular formula is C36H48ClN7O3. The number of carbonyl (C=O) groups is 2. The van der Waals surface area contributed by atoms with Crippen LogP contribution in [0, 0.1) is 17.8 Å². The minimum atomic E-state index is -0.701. The largest absolute Gasteiger partial charge is 0.378 e. The van der Waals surface area contributed by atoms with Crippen molar-refractivity contribution in [3.8, 4) is 0 Å². The van der Waals surface area contributed by atoms with Crippen molar-refractivity contribution in [3.63, 3.8) is 0 Å². The van der Waals surface area contributed by atoms with Gasteiger partial charge in [-0.2, -0.15) is 5.21 Å². The second-order valence-electron chi connectivity index (χ2n) is 15.5. The number of H-pyrrole nitrogens is 1. The number of tetrazole rings is 1. The fraction of sp³-hybridized carbons (Fsp3) is 0.556. The molecule has 0 bridgehead atoms. The van der Waals surface area contributed by atoms with Crippen molar-refractivity contribution in [1.29, 1.82) is 0 Å². The standard InChI is InChI=1S/C36H48ClN7O3/c1-23-18-26(20-27(37)19-23)31-33(46)44(36(39-31)16-12-28(13-17-36)47-22-35(5,6)7)29(14-15-34(2,3)4)24-8-10-25(11-9-24)32(45)38-21-30-40-42-43-41-30/h8-11,18-20,28-29H,12-17,21-22H2,1-7H3,(H,38,45)(H,40,41,42,43)/t28?,29-,36?/m1/s1. The minimum absolute atomic E-state index is 0.0510. The summed E-state index contributed by atoms with van der Waals surface area (Å²) in [5, 5.41) is 17.1. The molecule has 3 aromatic rings. The Labute approximate surface area is 283 Å². The highest BCUT2D eigenvalue weighted by Crippen LogP contribution is 2.47. The summed E-state index contributed by atoms with van der Waals surface area (Å²) in [6.07, 6.45) is 4.82. The van der Waals surface area contributed by atoms with Crippen LogP contribution < -0.4 is 5.32 Å². The maximum absolute atomic E-state index is 14.7. The molecule has 1 aliphatic carbocycles. The summed E-state index contributed by atoms with van der Waals surface area (Å²) >= 11 is 6.49. The van der Waals surface area contributed by atoms with Crippen molar-refractivity contribution in [3.05, 3.63) is 75.6 Å². The smallest absolute Gasteiger partial charge is 0.275 e. The summed E-state index contributed by atoms with van der Waals surface area (Å²) in [7, 11) is 0. The van der Waals surface area contributed by atoms with Crippen LogP contribution in [0.2, 0.25) is 5.02 Å². The molecule has 0 saturated heterocycles. The van der Waals surface area contributed by atoms with E-state index in [0.29, 0.717) is 41.6 Å². The molecule has 252 valence electrons. The second-order valence-corrected chi connectivity index (χ2v) is 15.9. The lowest BCUT2D eigenvalue weighted by Crippen LogP contribution is -2.51. The van der Waals surface area contributed by atoms with Crippen molar-refractivity contribution < 1.29 is 14.3 Å². The van der Waals surface area contributed by atoms with Gasteiger partial charge in [-0.25, -0.2) is 0 Å². The van der Waals surface area contributed by atoms with Crippen LogP contribution in [0.1, 0.15) is 119 Å². The molecule has 2 heterocycles. The molecule has 2 amide bonds. The topological polar surface area (TPSA) is 125 Å². The molecule has 2 N–H and O–H groups in total. The first-order valence-corrected chi connectivity index (χ1v) is 16.9. The van der Waals surface area contributed by atoms with Crippen molar-refractivity contribution in [1.82, 2.24) is 30.8 Å². The van der Waals surface area contributed by atoms with Gasteiger partial charge in [0.1, 0.15) is 11.4 Å². The Hall–Kier alpha value is -3.63. The number of aromatic nitrogens is 4. The average Bonchev–Trinajstić information content (AvgIpc) is 3.61. The van der Waals surface area contributed by atoms with Gasteiger partial charge in [0.05, 0.1) is 25.3 Å². The second kappa shape index (κ2) is 13.8. The third-order valence-corrected chi connectivity index (χ3v) is 9.04. The van der Waals surface area contributed by atoms with Gasteiger partial charge < -0.3 is 15.0 Å². The lowest BCUT2D eigenvalue weighted by molar-refractivity contribution is -0.135. The highest BCUT2D eigenvalue weighted by atomic mass is 35.5. The number of hydrogen-bond acceptors (Lipinski definition) is 7. The summed E-state index contributed by atoms with van der Waals surface area (Å²) in [5.74, 6) is 0.0812. The lowest BCUT2D eigenvalue weighted by atomic mass is 9.82. The summed E-state index contributed by atoms with van der Waals surface area (Å²) in [5.41, 5.74) is 3.10. The van der Waals surface area contributed by atoms with Gasteiger partial charge in [-0.1, -0.05) is 70.5 Å². The zero-order valence-electron chi connectivity index (χ0n) is 28.7. The number of halogens is 1. The average molecular weight is 662 g/mol. The van der Waals surface area contributed by atoms with Gasteiger partial charge >= 0.3 is 0 Å². The molecule has 0 radical (unpaired) electrons. The third-order valence-electron chi connectivity index (χ3n) is 8.82. The van der Waals surface area contributed by atoms with Gasteiger partial charge in [0.15, 0.2) is 5.82 Å². The van der Waals surface area contributed by atoms with E-state index in [0.717, 1.165) is 42.4 Å². The van der Waals surface area contributed by atoms with Crippen LogP contribution in [0.25, 0.3) is 0 Å². The number of amides is 2. The van der Waals surface area contributed by atoms with Gasteiger partial charge in [0.2, 0.25) is 0 Å². The van der Waals surface area contributed by atoms with Crippen molar-refractivity contribution in [2.45, 2.75) is 111 Å². The first-order chi connectivity index (χ1) is 22.1. The number of carbonyl (C=O) groups excluding carboxylic acids is 2. The van der Waals surface area contributed by atoms with E-state index >= 15 is 0 Å². The van der Waals surface area contributed by atoms with Crippen molar-refractivity contribution in [2.75, 3.05) is 6.61 Å². The normalized spacial score (nSPS) is 20.9. The van der Waals surface area contributed by atoms with E-state index < -0.39 is 5.66 Å². The predicted octanol–water partition coefficient (Wildman–Crippen LogP) is 6.99. The van der Waals surface area contributed by atoms with E-state index in [1.165, 1.54) is 0 Å². The molecule has 5 rings (SSSR count). The van der Waals surface area contributed by atoms with Crippen LogP contribution in [0.15, 0.2) is 47.5 Å². The predicted molar refractivity (Wildman–Crippen MR) is 183 cm³/mol. The first kappa shape index (κ1) is 34.7. The van der Waals surface area contributed by atoms with Crippen LogP contribution in [-0.4, -0.2) is 61.4 Å². The maximum atomic E-state index is 14.7. The fourth-order valence-corrected chi connectivity index (χ4v) is 6.73. The van der Waals surface area contributed by atoms with Crippen molar-refractivity contribution >= 4 is 29.1 Å². The van der Waals surface area contributed by atoms with Gasteiger partial charge in [-0.05, 0) is 97.7 Å². The van der Waals surface area contributed by atoms with E-state index in [9.17, 15) is 9.59 Å². The van der Waals surface area contributed by atoms with Gasteiger partial charge in [0, 0.05) is 16.1 Å². The number of nitrogens with one attached hydrogen (secondary N) is 2. The Balaban J connectivity index is 1.48. The highest BCUT2D eigenvalue weighted by Gasteiger charge is 2.52. The number of hydrogen-bond donors (Lipinski definition) is 2. The van der Waals surface area contributed by atoms with E-state index in [1.54, 1.807) is 0 Å². The molecule has 1 aromatic heterocycles. The molecule has 1 aliphatic heterocycles.